The average Bonchev–Trinajstić information content (AvgIpc) is 2.27. The molecule has 0 radical (unpaired) electrons. The Morgan fingerprint density at radius 1 is 1.44 bits per heavy atom. The summed E-state index contributed by atoms with van der Waals surface area (Å²) < 4.78 is 23.5. The summed E-state index contributed by atoms with van der Waals surface area (Å²) in [5.74, 6) is 0.231. The van der Waals surface area contributed by atoms with Crippen molar-refractivity contribution in [1.29, 1.82) is 0 Å². The fourth-order valence-corrected chi connectivity index (χ4v) is 4.37. The van der Waals surface area contributed by atoms with E-state index in [2.05, 4.69) is 5.32 Å². The maximum Gasteiger partial charge on any atom is 0.152 e. The van der Waals surface area contributed by atoms with E-state index in [9.17, 15) is 13.5 Å². The van der Waals surface area contributed by atoms with Gasteiger partial charge in [-0.2, -0.15) is 0 Å². The van der Waals surface area contributed by atoms with Gasteiger partial charge in [0.05, 0.1) is 23.7 Å². The third-order valence-corrected chi connectivity index (χ3v) is 5.24. The fourth-order valence-electron chi connectivity index (χ4n) is 2.49. The summed E-state index contributed by atoms with van der Waals surface area (Å²) >= 11 is 0. The van der Waals surface area contributed by atoms with Crippen molar-refractivity contribution < 1.29 is 13.5 Å². The van der Waals surface area contributed by atoms with Gasteiger partial charge in [0.25, 0.3) is 0 Å². The molecule has 1 heterocycles. The Morgan fingerprint density at radius 2 is 2.22 bits per heavy atom. The molecule has 2 N–H and O–H groups in total. The van der Waals surface area contributed by atoms with Crippen LogP contribution in [0.3, 0.4) is 0 Å². The minimum absolute atomic E-state index is 0.00441. The first-order valence-electron chi connectivity index (χ1n) is 6.11. The zero-order chi connectivity index (χ0) is 13.2. The van der Waals surface area contributed by atoms with Crippen molar-refractivity contribution in [1.82, 2.24) is 0 Å². The first-order valence-corrected chi connectivity index (χ1v) is 7.93. The molecule has 0 aliphatic carbocycles. The summed E-state index contributed by atoms with van der Waals surface area (Å²) in [5, 5.41) is 12.8. The van der Waals surface area contributed by atoms with Gasteiger partial charge in [-0.3, -0.25) is 0 Å². The van der Waals surface area contributed by atoms with Crippen LogP contribution in [0.4, 0.5) is 5.69 Å². The van der Waals surface area contributed by atoms with Gasteiger partial charge in [0.1, 0.15) is 0 Å². The van der Waals surface area contributed by atoms with Crippen LogP contribution in [0.5, 0.6) is 0 Å². The first kappa shape index (κ1) is 13.4. The number of sulfone groups is 1. The lowest BCUT2D eigenvalue weighted by molar-refractivity contribution is 0.212. The zero-order valence-electron chi connectivity index (χ0n) is 10.5. The zero-order valence-corrected chi connectivity index (χ0v) is 11.3. The van der Waals surface area contributed by atoms with E-state index in [0.29, 0.717) is 12.8 Å². The second-order valence-corrected chi connectivity index (χ2v) is 7.31. The van der Waals surface area contributed by atoms with Crippen molar-refractivity contribution in [3.63, 3.8) is 0 Å². The van der Waals surface area contributed by atoms with E-state index < -0.39 is 15.4 Å². The largest absolute Gasteiger partial charge is 0.394 e. The highest BCUT2D eigenvalue weighted by molar-refractivity contribution is 7.91. The molecule has 100 valence electrons. The van der Waals surface area contributed by atoms with E-state index in [-0.39, 0.29) is 18.1 Å². The minimum atomic E-state index is -3.06. The maximum absolute atomic E-state index is 11.7. The van der Waals surface area contributed by atoms with E-state index in [1.54, 1.807) is 0 Å². The summed E-state index contributed by atoms with van der Waals surface area (Å²) in [6.07, 6.45) is 1.28. The van der Waals surface area contributed by atoms with Crippen LogP contribution in [0.25, 0.3) is 0 Å². The number of hydrogen-bond acceptors (Lipinski definition) is 4. The molecule has 1 aliphatic heterocycles. The lowest BCUT2D eigenvalue weighted by Crippen LogP contribution is -2.51. The van der Waals surface area contributed by atoms with E-state index in [4.69, 9.17) is 0 Å². The van der Waals surface area contributed by atoms with Gasteiger partial charge in [-0.05, 0) is 37.5 Å². The van der Waals surface area contributed by atoms with E-state index in [1.807, 2.05) is 31.2 Å². The molecule has 0 saturated carbocycles. The predicted octanol–water partition coefficient (Wildman–Crippen LogP) is 1.35. The van der Waals surface area contributed by atoms with E-state index in [0.717, 1.165) is 11.3 Å². The SMILES string of the molecule is Cc1cccc(NC2(CO)CCCS(=O)(=O)C2)c1. The summed E-state index contributed by atoms with van der Waals surface area (Å²) in [7, 11) is -3.06. The van der Waals surface area contributed by atoms with Gasteiger partial charge in [-0.25, -0.2) is 8.42 Å². The van der Waals surface area contributed by atoms with E-state index >= 15 is 0 Å². The summed E-state index contributed by atoms with van der Waals surface area (Å²) in [6.45, 7) is 1.81. The third kappa shape index (κ3) is 3.03. The van der Waals surface area contributed by atoms with Gasteiger partial charge in [0, 0.05) is 5.69 Å². The van der Waals surface area contributed by atoms with Crippen LogP contribution >= 0.6 is 0 Å². The number of rotatable bonds is 3. The Labute approximate surface area is 108 Å². The number of nitrogens with one attached hydrogen (secondary N) is 1. The molecule has 1 atom stereocenters. The first-order chi connectivity index (χ1) is 8.45. The minimum Gasteiger partial charge on any atom is -0.394 e. The van der Waals surface area contributed by atoms with Crippen LogP contribution in [0.15, 0.2) is 24.3 Å². The standard InChI is InChI=1S/C13H19NO3S/c1-11-4-2-5-12(8-11)14-13(9-15)6-3-7-18(16,17)10-13/h2,4-5,8,14-15H,3,6-7,9-10H2,1H3. The fraction of sp³-hybridized carbons (Fsp3) is 0.538. The topological polar surface area (TPSA) is 66.4 Å². The number of aliphatic hydroxyl groups excluding tert-OH is 1. The molecule has 0 aromatic heterocycles. The Hall–Kier alpha value is -1.07. The molecule has 1 aliphatic rings. The number of aryl methyl sites for hydroxylation is 1. The highest BCUT2D eigenvalue weighted by Gasteiger charge is 2.38. The second kappa shape index (κ2) is 4.90. The van der Waals surface area contributed by atoms with Gasteiger partial charge in [-0.1, -0.05) is 12.1 Å². The summed E-state index contributed by atoms with van der Waals surface area (Å²) in [5.41, 5.74) is 1.23. The molecule has 1 saturated heterocycles. The maximum atomic E-state index is 11.7. The van der Waals surface area contributed by atoms with Crippen molar-refractivity contribution in [3.8, 4) is 0 Å². The van der Waals surface area contributed by atoms with Crippen molar-refractivity contribution in [2.24, 2.45) is 0 Å². The number of benzene rings is 1. The Morgan fingerprint density at radius 3 is 2.83 bits per heavy atom. The molecule has 1 aromatic rings. The molecular weight excluding hydrogens is 250 g/mol. The lowest BCUT2D eigenvalue weighted by Gasteiger charge is -2.37. The smallest absolute Gasteiger partial charge is 0.152 e. The van der Waals surface area contributed by atoms with Crippen molar-refractivity contribution in [2.45, 2.75) is 25.3 Å². The van der Waals surface area contributed by atoms with Gasteiger partial charge < -0.3 is 10.4 Å². The Balaban J connectivity index is 2.23. The lowest BCUT2D eigenvalue weighted by atomic mass is 9.96. The van der Waals surface area contributed by atoms with E-state index in [1.165, 1.54) is 0 Å². The van der Waals surface area contributed by atoms with Crippen LogP contribution in [0.1, 0.15) is 18.4 Å². The molecule has 5 heteroatoms. The van der Waals surface area contributed by atoms with Crippen LogP contribution < -0.4 is 5.32 Å². The van der Waals surface area contributed by atoms with Gasteiger partial charge in [-0.15, -0.1) is 0 Å². The molecule has 4 nitrogen and oxygen atoms in total. The molecule has 1 fully saturated rings. The molecule has 0 amide bonds. The van der Waals surface area contributed by atoms with Crippen LogP contribution in [-0.2, 0) is 9.84 Å². The molecule has 1 aromatic carbocycles. The normalized spacial score (nSPS) is 26.8. The number of hydrogen-bond donors (Lipinski definition) is 2. The van der Waals surface area contributed by atoms with Crippen LogP contribution in [-0.4, -0.2) is 37.2 Å². The monoisotopic (exact) mass is 269 g/mol. The Bertz CT molecular complexity index is 527. The van der Waals surface area contributed by atoms with Gasteiger partial charge in [0.15, 0.2) is 9.84 Å². The molecule has 0 bridgehead atoms. The number of anilines is 1. The quantitative estimate of drug-likeness (QED) is 0.869. The molecule has 2 rings (SSSR count). The molecular formula is C13H19NO3S. The molecule has 1 unspecified atom stereocenters. The molecule has 18 heavy (non-hydrogen) atoms. The van der Waals surface area contributed by atoms with Crippen molar-refractivity contribution >= 4 is 15.5 Å². The van der Waals surface area contributed by atoms with Crippen LogP contribution in [0, 0.1) is 6.92 Å². The highest BCUT2D eigenvalue weighted by Crippen LogP contribution is 2.27. The van der Waals surface area contributed by atoms with Crippen LogP contribution in [0.2, 0.25) is 0 Å². The van der Waals surface area contributed by atoms with Gasteiger partial charge in [0.2, 0.25) is 0 Å². The average molecular weight is 269 g/mol. The molecule has 0 spiro atoms. The predicted molar refractivity (Wildman–Crippen MR) is 72.5 cm³/mol. The van der Waals surface area contributed by atoms with Crippen molar-refractivity contribution in [3.05, 3.63) is 29.8 Å². The Kier molecular flexibility index (Phi) is 3.64. The third-order valence-electron chi connectivity index (χ3n) is 3.34. The van der Waals surface area contributed by atoms with Gasteiger partial charge >= 0.3 is 0 Å². The van der Waals surface area contributed by atoms with Crippen molar-refractivity contribution in [2.75, 3.05) is 23.4 Å². The summed E-state index contributed by atoms with van der Waals surface area (Å²) in [6, 6.07) is 7.75. The summed E-state index contributed by atoms with van der Waals surface area (Å²) in [4.78, 5) is 0. The second-order valence-electron chi connectivity index (χ2n) is 5.13. The highest BCUT2D eigenvalue weighted by atomic mass is 32.2. The number of aliphatic hydroxyl groups is 1.